The molecule has 1 amide bonds. The molecule has 8 heteroatoms. The van der Waals surface area contributed by atoms with E-state index in [0.29, 0.717) is 11.3 Å². The van der Waals surface area contributed by atoms with Crippen molar-refractivity contribution in [3.8, 4) is 11.5 Å². The first kappa shape index (κ1) is 17.9. The van der Waals surface area contributed by atoms with Gasteiger partial charge in [0.15, 0.2) is 12.4 Å². The molecule has 0 aliphatic heterocycles. The summed E-state index contributed by atoms with van der Waals surface area (Å²) in [5.41, 5.74) is 4.21. The fourth-order valence-corrected chi connectivity index (χ4v) is 2.00. The average Bonchev–Trinajstić information content (AvgIpc) is 2.57. The van der Waals surface area contributed by atoms with Gasteiger partial charge >= 0.3 is 5.69 Å². The fraction of sp³-hybridized carbons (Fsp3) is 0.176. The maximum Gasteiger partial charge on any atom is 0.311 e. The van der Waals surface area contributed by atoms with E-state index in [0.717, 1.165) is 17.2 Å². The van der Waals surface area contributed by atoms with Gasteiger partial charge in [-0.25, -0.2) is 5.43 Å². The molecule has 0 fully saturated rings. The summed E-state index contributed by atoms with van der Waals surface area (Å²) in [4.78, 5) is 21.8. The number of phenolic OH excluding ortho intramolecular Hbond substituents is 1. The molecule has 8 nitrogen and oxygen atoms in total. The molecule has 0 atom stereocenters. The molecule has 0 heterocycles. The van der Waals surface area contributed by atoms with Crippen molar-refractivity contribution in [2.75, 3.05) is 6.61 Å². The number of aromatic hydroxyl groups is 1. The van der Waals surface area contributed by atoms with Crippen molar-refractivity contribution in [2.45, 2.75) is 13.8 Å². The number of hydrogen-bond acceptors (Lipinski definition) is 6. The predicted octanol–water partition coefficient (Wildman–Crippen LogP) is 2.45. The van der Waals surface area contributed by atoms with Crippen LogP contribution in [0.2, 0.25) is 0 Å². The van der Waals surface area contributed by atoms with E-state index >= 15 is 0 Å². The number of hydrogen-bond donors (Lipinski definition) is 2. The fourth-order valence-electron chi connectivity index (χ4n) is 2.00. The molecule has 0 aliphatic rings. The molecular weight excluding hydrogens is 326 g/mol. The molecule has 2 N–H and O–H groups in total. The molecule has 0 bridgehead atoms. The van der Waals surface area contributed by atoms with Gasteiger partial charge in [-0.2, -0.15) is 5.10 Å². The van der Waals surface area contributed by atoms with Crippen LogP contribution < -0.4 is 10.2 Å². The van der Waals surface area contributed by atoms with E-state index in [1.54, 1.807) is 6.07 Å². The molecule has 0 spiro atoms. The highest BCUT2D eigenvalue weighted by atomic mass is 16.6. The summed E-state index contributed by atoms with van der Waals surface area (Å²) in [6, 6.07) is 9.33. The molecule has 2 aromatic carbocycles. The molecule has 0 radical (unpaired) electrons. The predicted molar refractivity (Wildman–Crippen MR) is 91.9 cm³/mol. The number of nitrogens with one attached hydrogen (secondary N) is 1. The quantitative estimate of drug-likeness (QED) is 0.475. The Balaban J connectivity index is 1.91. The number of nitro groups is 1. The van der Waals surface area contributed by atoms with Gasteiger partial charge in [0.05, 0.1) is 11.1 Å². The summed E-state index contributed by atoms with van der Waals surface area (Å²) in [5, 5.41) is 23.8. The Bertz CT molecular complexity index is 833. The van der Waals surface area contributed by atoms with E-state index in [4.69, 9.17) is 4.74 Å². The lowest BCUT2D eigenvalue weighted by Crippen LogP contribution is -2.24. The summed E-state index contributed by atoms with van der Waals surface area (Å²) in [5.74, 6) is -0.285. The molecule has 25 heavy (non-hydrogen) atoms. The average molecular weight is 343 g/mol. The van der Waals surface area contributed by atoms with Gasteiger partial charge in [-0.1, -0.05) is 12.1 Å². The molecule has 130 valence electrons. The van der Waals surface area contributed by atoms with Crippen molar-refractivity contribution in [2.24, 2.45) is 5.10 Å². The minimum atomic E-state index is -0.705. The van der Waals surface area contributed by atoms with Gasteiger partial charge in [0.2, 0.25) is 0 Å². The van der Waals surface area contributed by atoms with Crippen molar-refractivity contribution < 1.29 is 19.6 Å². The summed E-state index contributed by atoms with van der Waals surface area (Å²) in [7, 11) is 0. The number of aryl methyl sites for hydroxylation is 1. The molecular formula is C17H17N3O5. The largest absolute Gasteiger partial charge is 0.502 e. The van der Waals surface area contributed by atoms with Crippen LogP contribution in [0.1, 0.15) is 16.7 Å². The first-order valence-electron chi connectivity index (χ1n) is 7.37. The number of benzene rings is 2. The zero-order valence-electron chi connectivity index (χ0n) is 13.7. The Morgan fingerprint density at radius 3 is 2.84 bits per heavy atom. The highest BCUT2D eigenvalue weighted by molar-refractivity contribution is 5.84. The number of nitrogens with zero attached hydrogens (tertiary/aromatic N) is 2. The Morgan fingerprint density at radius 2 is 2.12 bits per heavy atom. The second kappa shape index (κ2) is 7.91. The first-order chi connectivity index (χ1) is 11.9. The zero-order chi connectivity index (χ0) is 18.4. The van der Waals surface area contributed by atoms with Crippen LogP contribution in [0, 0.1) is 24.0 Å². The second-order valence-corrected chi connectivity index (χ2v) is 5.29. The number of ether oxygens (including phenoxy) is 1. The van der Waals surface area contributed by atoms with Gasteiger partial charge < -0.3 is 9.84 Å². The summed E-state index contributed by atoms with van der Waals surface area (Å²) >= 11 is 0. The van der Waals surface area contributed by atoms with E-state index in [9.17, 15) is 20.0 Å². The molecule has 0 saturated heterocycles. The minimum Gasteiger partial charge on any atom is -0.502 e. The lowest BCUT2D eigenvalue weighted by molar-refractivity contribution is -0.385. The first-order valence-corrected chi connectivity index (χ1v) is 7.37. The standard InChI is InChI=1S/C17H17N3O5/c1-11-4-3-5-16(12(11)2)25-10-17(22)19-18-9-13-6-7-15(21)14(8-13)20(23)24/h3-9,21H,10H2,1-2H3,(H,19,22). The summed E-state index contributed by atoms with van der Waals surface area (Å²) in [6.07, 6.45) is 1.24. The number of hydrazone groups is 1. The highest BCUT2D eigenvalue weighted by Gasteiger charge is 2.12. The number of carbonyl (C=O) groups excluding carboxylic acids is 1. The van der Waals surface area contributed by atoms with Crippen molar-refractivity contribution >= 4 is 17.8 Å². The Hall–Kier alpha value is -3.42. The SMILES string of the molecule is Cc1cccc(OCC(=O)NN=Cc2ccc(O)c([N+](=O)[O-])c2)c1C. The van der Waals surface area contributed by atoms with Crippen LogP contribution >= 0.6 is 0 Å². The summed E-state index contributed by atoms with van der Waals surface area (Å²) < 4.78 is 5.44. The molecule has 0 unspecified atom stereocenters. The van der Waals surface area contributed by atoms with Crippen LogP contribution in [-0.2, 0) is 4.79 Å². The van der Waals surface area contributed by atoms with Crippen LogP contribution in [0.15, 0.2) is 41.5 Å². The number of amides is 1. The van der Waals surface area contributed by atoms with Crippen molar-refractivity contribution in [3.63, 3.8) is 0 Å². The van der Waals surface area contributed by atoms with E-state index in [1.807, 2.05) is 26.0 Å². The zero-order valence-corrected chi connectivity index (χ0v) is 13.7. The van der Waals surface area contributed by atoms with Crippen LogP contribution in [0.25, 0.3) is 0 Å². The van der Waals surface area contributed by atoms with Crippen LogP contribution in [0.3, 0.4) is 0 Å². The minimum absolute atomic E-state index is 0.211. The number of carbonyl (C=O) groups is 1. The third-order valence-electron chi connectivity index (χ3n) is 3.51. The maximum absolute atomic E-state index is 11.7. The Morgan fingerprint density at radius 1 is 1.36 bits per heavy atom. The normalized spacial score (nSPS) is 10.6. The van der Waals surface area contributed by atoms with Crippen molar-refractivity contribution in [1.29, 1.82) is 0 Å². The highest BCUT2D eigenvalue weighted by Crippen LogP contribution is 2.25. The van der Waals surface area contributed by atoms with Crippen LogP contribution in [0.5, 0.6) is 11.5 Å². The van der Waals surface area contributed by atoms with Gasteiger partial charge in [0, 0.05) is 11.6 Å². The van der Waals surface area contributed by atoms with E-state index in [2.05, 4.69) is 10.5 Å². The monoisotopic (exact) mass is 343 g/mol. The van der Waals surface area contributed by atoms with Gasteiger partial charge in [-0.15, -0.1) is 0 Å². The molecule has 0 saturated carbocycles. The van der Waals surface area contributed by atoms with E-state index in [-0.39, 0.29) is 6.61 Å². The number of rotatable bonds is 6. The molecule has 2 aromatic rings. The molecule has 0 aliphatic carbocycles. The second-order valence-electron chi connectivity index (χ2n) is 5.29. The Kier molecular flexibility index (Phi) is 5.67. The van der Waals surface area contributed by atoms with E-state index in [1.165, 1.54) is 18.3 Å². The Labute approximate surface area is 143 Å². The third-order valence-corrected chi connectivity index (χ3v) is 3.51. The van der Waals surface area contributed by atoms with Crippen molar-refractivity contribution in [3.05, 3.63) is 63.2 Å². The smallest absolute Gasteiger partial charge is 0.311 e. The van der Waals surface area contributed by atoms with Gasteiger partial charge in [-0.05, 0) is 43.2 Å². The van der Waals surface area contributed by atoms with E-state index < -0.39 is 22.3 Å². The van der Waals surface area contributed by atoms with Crippen LogP contribution in [-0.4, -0.2) is 28.8 Å². The van der Waals surface area contributed by atoms with Gasteiger partial charge in [0.1, 0.15) is 5.75 Å². The van der Waals surface area contributed by atoms with Crippen molar-refractivity contribution in [1.82, 2.24) is 5.43 Å². The van der Waals surface area contributed by atoms with Gasteiger partial charge in [-0.3, -0.25) is 14.9 Å². The lowest BCUT2D eigenvalue weighted by Gasteiger charge is -2.09. The number of phenols is 1. The van der Waals surface area contributed by atoms with Crippen LogP contribution in [0.4, 0.5) is 5.69 Å². The lowest BCUT2D eigenvalue weighted by atomic mass is 10.1. The maximum atomic E-state index is 11.7. The molecule has 0 aromatic heterocycles. The molecule has 2 rings (SSSR count). The van der Waals surface area contributed by atoms with Gasteiger partial charge in [0.25, 0.3) is 5.91 Å². The number of nitro benzene ring substituents is 1. The topological polar surface area (TPSA) is 114 Å². The summed E-state index contributed by atoms with van der Waals surface area (Å²) in [6.45, 7) is 3.64. The third kappa shape index (κ3) is 4.77.